The van der Waals surface area contributed by atoms with Gasteiger partial charge in [-0.3, -0.25) is 9.78 Å². The minimum absolute atomic E-state index is 0.0810. The molecule has 2 amide bonds. The number of hydrogen-bond donors (Lipinski definition) is 3. The van der Waals surface area contributed by atoms with Crippen LogP contribution < -0.4 is 21.1 Å². The van der Waals surface area contributed by atoms with Gasteiger partial charge in [0.1, 0.15) is 0 Å². The number of carbonyl (C=O) groups is 1. The molecule has 1 saturated heterocycles. The van der Waals surface area contributed by atoms with E-state index in [9.17, 15) is 9.59 Å². The molecule has 0 bridgehead atoms. The number of carbonyl (C=O) groups excluding carboxylic acids is 1. The SMILES string of the molecule is CCCCNC(=O)NC1CCN(c2nc(C)cc(=O)[nH]2)C1. The van der Waals surface area contributed by atoms with E-state index < -0.39 is 0 Å². The van der Waals surface area contributed by atoms with Crippen molar-refractivity contribution in [3.05, 3.63) is 22.1 Å². The molecule has 116 valence electrons. The van der Waals surface area contributed by atoms with Crippen LogP contribution in [0.15, 0.2) is 10.9 Å². The van der Waals surface area contributed by atoms with E-state index in [4.69, 9.17) is 0 Å². The third kappa shape index (κ3) is 4.47. The van der Waals surface area contributed by atoms with Gasteiger partial charge in [-0.2, -0.15) is 0 Å². The minimum Gasteiger partial charge on any atom is -0.340 e. The van der Waals surface area contributed by atoms with E-state index in [1.165, 1.54) is 6.07 Å². The van der Waals surface area contributed by atoms with E-state index in [0.717, 1.165) is 25.8 Å². The number of hydrogen-bond acceptors (Lipinski definition) is 4. The van der Waals surface area contributed by atoms with Gasteiger partial charge >= 0.3 is 6.03 Å². The standard InChI is InChI=1S/C14H23N5O2/c1-3-4-6-15-14(21)17-11-5-7-19(9-11)13-16-10(2)8-12(20)18-13/h8,11H,3-7,9H2,1-2H3,(H2,15,17,21)(H,16,18,20). The van der Waals surface area contributed by atoms with Crippen LogP contribution in [-0.4, -0.2) is 41.7 Å². The predicted octanol–water partition coefficient (Wildman–Crippen LogP) is 0.756. The fourth-order valence-corrected chi connectivity index (χ4v) is 2.40. The summed E-state index contributed by atoms with van der Waals surface area (Å²) in [5.74, 6) is 0.579. The monoisotopic (exact) mass is 293 g/mol. The van der Waals surface area contributed by atoms with Crippen molar-refractivity contribution in [3.63, 3.8) is 0 Å². The molecule has 21 heavy (non-hydrogen) atoms. The third-order valence-corrected chi connectivity index (χ3v) is 3.50. The molecule has 2 rings (SSSR count). The van der Waals surface area contributed by atoms with Crippen molar-refractivity contribution in [3.8, 4) is 0 Å². The summed E-state index contributed by atoms with van der Waals surface area (Å²) in [4.78, 5) is 32.2. The Bertz CT molecular complexity index is 542. The molecule has 2 heterocycles. The lowest BCUT2D eigenvalue weighted by Gasteiger charge is -2.17. The average molecular weight is 293 g/mol. The number of unbranched alkanes of at least 4 members (excludes halogenated alkanes) is 1. The maximum atomic E-state index is 11.7. The number of nitrogens with zero attached hydrogens (tertiary/aromatic N) is 2. The summed E-state index contributed by atoms with van der Waals surface area (Å²) in [6.07, 6.45) is 2.89. The molecule has 1 aliphatic rings. The fourth-order valence-electron chi connectivity index (χ4n) is 2.40. The lowest BCUT2D eigenvalue weighted by atomic mass is 10.3. The number of rotatable bonds is 5. The number of anilines is 1. The third-order valence-electron chi connectivity index (χ3n) is 3.50. The van der Waals surface area contributed by atoms with Crippen LogP contribution in [0.1, 0.15) is 31.9 Å². The summed E-state index contributed by atoms with van der Waals surface area (Å²) < 4.78 is 0. The van der Waals surface area contributed by atoms with Gasteiger partial charge in [-0.15, -0.1) is 0 Å². The molecule has 3 N–H and O–H groups in total. The van der Waals surface area contributed by atoms with Crippen LogP contribution in [0.25, 0.3) is 0 Å². The molecule has 0 radical (unpaired) electrons. The Hall–Kier alpha value is -2.05. The summed E-state index contributed by atoms with van der Waals surface area (Å²) in [5, 5.41) is 5.80. The smallest absolute Gasteiger partial charge is 0.315 e. The summed E-state index contributed by atoms with van der Waals surface area (Å²) in [5.41, 5.74) is 0.550. The summed E-state index contributed by atoms with van der Waals surface area (Å²) in [6, 6.07) is 1.43. The van der Waals surface area contributed by atoms with Crippen molar-refractivity contribution in [1.82, 2.24) is 20.6 Å². The molecule has 1 unspecified atom stereocenters. The highest BCUT2D eigenvalue weighted by Crippen LogP contribution is 2.15. The Kier molecular flexibility index (Phi) is 5.19. The van der Waals surface area contributed by atoms with Crippen molar-refractivity contribution in [1.29, 1.82) is 0 Å². The van der Waals surface area contributed by atoms with Crippen molar-refractivity contribution < 1.29 is 4.79 Å². The predicted molar refractivity (Wildman–Crippen MR) is 81.7 cm³/mol. The van der Waals surface area contributed by atoms with Crippen molar-refractivity contribution in [2.24, 2.45) is 0 Å². The van der Waals surface area contributed by atoms with Gasteiger partial charge in [0.15, 0.2) is 0 Å². The summed E-state index contributed by atoms with van der Waals surface area (Å²) in [7, 11) is 0. The van der Waals surface area contributed by atoms with Gasteiger partial charge in [0.2, 0.25) is 5.95 Å². The number of aromatic amines is 1. The molecule has 0 aliphatic carbocycles. The van der Waals surface area contributed by atoms with Crippen molar-refractivity contribution >= 4 is 12.0 Å². The minimum atomic E-state index is -0.147. The highest BCUT2D eigenvalue weighted by Gasteiger charge is 2.25. The molecule has 0 aromatic carbocycles. The van der Waals surface area contributed by atoms with Crippen LogP contribution in [0.2, 0.25) is 0 Å². The molecule has 1 fully saturated rings. The first-order valence-electron chi connectivity index (χ1n) is 7.45. The van der Waals surface area contributed by atoms with E-state index in [2.05, 4.69) is 27.5 Å². The van der Waals surface area contributed by atoms with E-state index in [-0.39, 0.29) is 17.6 Å². The van der Waals surface area contributed by atoms with E-state index in [1.807, 2.05) is 4.90 Å². The number of aryl methyl sites for hydroxylation is 1. The van der Waals surface area contributed by atoms with Gasteiger partial charge in [0.25, 0.3) is 5.56 Å². The van der Waals surface area contributed by atoms with E-state index >= 15 is 0 Å². The number of amides is 2. The van der Waals surface area contributed by atoms with Crippen LogP contribution in [0, 0.1) is 6.92 Å². The van der Waals surface area contributed by atoms with Gasteiger partial charge in [-0.1, -0.05) is 13.3 Å². The van der Waals surface area contributed by atoms with E-state index in [1.54, 1.807) is 6.92 Å². The maximum absolute atomic E-state index is 11.7. The molecule has 1 aliphatic heterocycles. The average Bonchev–Trinajstić information content (AvgIpc) is 2.86. The number of aromatic nitrogens is 2. The molecule has 0 saturated carbocycles. The largest absolute Gasteiger partial charge is 0.340 e. The second-order valence-corrected chi connectivity index (χ2v) is 5.40. The van der Waals surface area contributed by atoms with Gasteiger partial charge < -0.3 is 15.5 Å². The van der Waals surface area contributed by atoms with Crippen LogP contribution in [0.4, 0.5) is 10.7 Å². The zero-order valence-electron chi connectivity index (χ0n) is 12.6. The van der Waals surface area contributed by atoms with E-state index in [0.29, 0.717) is 24.7 Å². The number of nitrogens with one attached hydrogen (secondary N) is 3. The second kappa shape index (κ2) is 7.10. The Labute approximate surface area is 124 Å². The molecule has 7 nitrogen and oxygen atoms in total. The number of H-pyrrole nitrogens is 1. The molecule has 0 spiro atoms. The highest BCUT2D eigenvalue weighted by atomic mass is 16.2. The number of urea groups is 1. The van der Waals surface area contributed by atoms with Gasteiger partial charge in [-0.05, 0) is 19.8 Å². The molecular weight excluding hydrogens is 270 g/mol. The summed E-state index contributed by atoms with van der Waals surface area (Å²) >= 11 is 0. The molecular formula is C14H23N5O2. The van der Waals surface area contributed by atoms with Gasteiger partial charge in [-0.25, -0.2) is 9.78 Å². The normalized spacial score (nSPS) is 17.8. The van der Waals surface area contributed by atoms with Gasteiger partial charge in [0, 0.05) is 37.4 Å². The zero-order chi connectivity index (χ0) is 15.2. The zero-order valence-corrected chi connectivity index (χ0v) is 12.6. The molecule has 1 aromatic heterocycles. The lowest BCUT2D eigenvalue weighted by molar-refractivity contribution is 0.237. The Balaban J connectivity index is 1.85. The quantitative estimate of drug-likeness (QED) is 0.699. The Morgan fingerprint density at radius 1 is 1.57 bits per heavy atom. The summed E-state index contributed by atoms with van der Waals surface area (Å²) in [6.45, 7) is 6.02. The maximum Gasteiger partial charge on any atom is 0.315 e. The van der Waals surface area contributed by atoms with Crippen LogP contribution >= 0.6 is 0 Å². The van der Waals surface area contributed by atoms with Crippen LogP contribution in [0.3, 0.4) is 0 Å². The van der Waals surface area contributed by atoms with Crippen molar-refractivity contribution in [2.75, 3.05) is 24.5 Å². The van der Waals surface area contributed by atoms with Gasteiger partial charge in [0.05, 0.1) is 0 Å². The molecule has 1 atom stereocenters. The van der Waals surface area contributed by atoms with Crippen LogP contribution in [0.5, 0.6) is 0 Å². The highest BCUT2D eigenvalue weighted by molar-refractivity contribution is 5.74. The topological polar surface area (TPSA) is 90.1 Å². The lowest BCUT2D eigenvalue weighted by Crippen LogP contribution is -2.43. The Morgan fingerprint density at radius 2 is 2.38 bits per heavy atom. The first-order valence-corrected chi connectivity index (χ1v) is 7.45. The second-order valence-electron chi connectivity index (χ2n) is 5.40. The molecule has 7 heteroatoms. The first-order chi connectivity index (χ1) is 10.1. The fraction of sp³-hybridized carbons (Fsp3) is 0.643. The first kappa shape index (κ1) is 15.3. The van der Waals surface area contributed by atoms with Crippen molar-refractivity contribution in [2.45, 2.75) is 39.2 Å². The Morgan fingerprint density at radius 3 is 3.10 bits per heavy atom. The molecule has 1 aromatic rings. The van der Waals surface area contributed by atoms with Crippen LogP contribution in [-0.2, 0) is 0 Å².